The molecule has 0 aromatic carbocycles. The van der Waals surface area contributed by atoms with Gasteiger partial charge in [-0.05, 0) is 13.8 Å². The second-order valence-electron chi connectivity index (χ2n) is 3.90. The van der Waals surface area contributed by atoms with Crippen molar-refractivity contribution in [3.8, 4) is 0 Å². The lowest BCUT2D eigenvalue weighted by Crippen LogP contribution is -2.28. The van der Waals surface area contributed by atoms with Gasteiger partial charge >= 0.3 is 12.0 Å². The minimum Gasteiger partial charge on any atom is -0.476 e. The molecule has 20 heavy (non-hydrogen) atoms. The van der Waals surface area contributed by atoms with Crippen molar-refractivity contribution in [1.82, 2.24) is 15.3 Å². The summed E-state index contributed by atoms with van der Waals surface area (Å²) < 4.78 is 0. The van der Waals surface area contributed by atoms with Gasteiger partial charge in [0.05, 0.1) is 12.2 Å². The molecular weight excluding hydrogens is 300 g/mol. The van der Waals surface area contributed by atoms with Crippen LogP contribution >= 0.6 is 22.7 Å². The molecule has 0 unspecified atom stereocenters. The van der Waals surface area contributed by atoms with Gasteiger partial charge in [-0.15, -0.1) is 22.7 Å². The van der Waals surface area contributed by atoms with E-state index in [9.17, 15) is 9.59 Å². The van der Waals surface area contributed by atoms with Crippen LogP contribution in [0.2, 0.25) is 0 Å². The number of thiazole rings is 2. The van der Waals surface area contributed by atoms with Crippen LogP contribution in [-0.2, 0) is 6.54 Å². The summed E-state index contributed by atoms with van der Waals surface area (Å²) in [6, 6.07) is -0.397. The van der Waals surface area contributed by atoms with Crippen LogP contribution in [-0.4, -0.2) is 27.1 Å². The first kappa shape index (κ1) is 14.4. The Balaban J connectivity index is 1.87. The Morgan fingerprint density at radius 3 is 2.65 bits per heavy atom. The van der Waals surface area contributed by atoms with E-state index in [1.165, 1.54) is 28.1 Å². The number of rotatable bonds is 4. The molecule has 0 aliphatic rings. The largest absolute Gasteiger partial charge is 0.476 e. The van der Waals surface area contributed by atoms with E-state index in [0.29, 0.717) is 10.1 Å². The molecule has 0 spiro atoms. The van der Waals surface area contributed by atoms with E-state index in [2.05, 4.69) is 20.6 Å². The number of anilines is 1. The first-order chi connectivity index (χ1) is 9.45. The number of hydrogen-bond donors (Lipinski definition) is 3. The van der Waals surface area contributed by atoms with Crippen molar-refractivity contribution in [2.24, 2.45) is 0 Å². The summed E-state index contributed by atoms with van der Waals surface area (Å²) in [5.41, 5.74) is 0.870. The molecule has 2 aromatic heterocycles. The Hall–Kier alpha value is -2.00. The summed E-state index contributed by atoms with van der Waals surface area (Å²) in [6.45, 7) is 3.98. The first-order valence-corrected chi connectivity index (χ1v) is 7.32. The van der Waals surface area contributed by atoms with Gasteiger partial charge in [0, 0.05) is 10.3 Å². The van der Waals surface area contributed by atoms with E-state index in [-0.39, 0.29) is 12.2 Å². The SMILES string of the molecule is Cc1nc(NC(=O)NCc2nc(C(=O)O)cs2)sc1C. The fourth-order valence-electron chi connectivity index (χ4n) is 1.31. The Morgan fingerprint density at radius 1 is 1.35 bits per heavy atom. The lowest BCUT2D eigenvalue weighted by Gasteiger charge is -2.02. The number of nitrogens with zero attached hydrogens (tertiary/aromatic N) is 2. The topological polar surface area (TPSA) is 104 Å². The van der Waals surface area contributed by atoms with Gasteiger partial charge in [-0.3, -0.25) is 5.32 Å². The number of carbonyl (C=O) groups is 2. The summed E-state index contributed by atoms with van der Waals surface area (Å²) in [5.74, 6) is -1.08. The monoisotopic (exact) mass is 312 g/mol. The molecule has 106 valence electrons. The number of aromatic carboxylic acids is 1. The standard InChI is InChI=1S/C11H12N4O3S2/c1-5-6(2)20-11(13-5)15-10(18)12-3-8-14-7(4-19-8)9(16)17/h4H,3H2,1-2H3,(H,16,17)(H2,12,13,15,18). The van der Waals surface area contributed by atoms with E-state index in [0.717, 1.165) is 10.6 Å². The van der Waals surface area contributed by atoms with Crippen molar-refractivity contribution in [1.29, 1.82) is 0 Å². The van der Waals surface area contributed by atoms with Crippen molar-refractivity contribution in [3.05, 3.63) is 26.7 Å². The number of amides is 2. The molecule has 2 rings (SSSR count). The highest BCUT2D eigenvalue weighted by Gasteiger charge is 2.10. The van der Waals surface area contributed by atoms with Crippen LogP contribution in [0.15, 0.2) is 5.38 Å². The molecule has 0 bridgehead atoms. The van der Waals surface area contributed by atoms with E-state index in [4.69, 9.17) is 5.11 Å². The predicted octanol–water partition coefficient (Wildman–Crippen LogP) is 2.24. The Bertz CT molecular complexity index is 630. The molecule has 2 aromatic rings. The van der Waals surface area contributed by atoms with Crippen molar-refractivity contribution >= 4 is 39.8 Å². The fourth-order valence-corrected chi connectivity index (χ4v) is 2.83. The molecule has 7 nitrogen and oxygen atoms in total. The molecular formula is C11H12N4O3S2. The number of aromatic nitrogens is 2. The third-order valence-electron chi connectivity index (χ3n) is 2.42. The minimum atomic E-state index is -1.08. The van der Waals surface area contributed by atoms with Gasteiger partial charge in [-0.2, -0.15) is 0 Å². The first-order valence-electron chi connectivity index (χ1n) is 5.62. The number of carboxylic acid groups (broad SMARTS) is 1. The maximum Gasteiger partial charge on any atom is 0.355 e. The lowest BCUT2D eigenvalue weighted by atomic mass is 10.4. The summed E-state index contributed by atoms with van der Waals surface area (Å²) in [7, 11) is 0. The van der Waals surface area contributed by atoms with Gasteiger partial charge in [0.1, 0.15) is 5.01 Å². The van der Waals surface area contributed by atoms with E-state index >= 15 is 0 Å². The Labute approximate surface area is 122 Å². The molecule has 3 N–H and O–H groups in total. The van der Waals surface area contributed by atoms with Crippen LogP contribution in [0.1, 0.15) is 26.1 Å². The summed E-state index contributed by atoms with van der Waals surface area (Å²) in [5, 5.41) is 16.5. The highest BCUT2D eigenvalue weighted by molar-refractivity contribution is 7.15. The number of aryl methyl sites for hydroxylation is 2. The number of carbonyl (C=O) groups excluding carboxylic acids is 1. The minimum absolute atomic E-state index is 0.0154. The van der Waals surface area contributed by atoms with E-state index < -0.39 is 12.0 Å². The van der Waals surface area contributed by atoms with Gasteiger partial charge < -0.3 is 10.4 Å². The van der Waals surface area contributed by atoms with Crippen LogP contribution < -0.4 is 10.6 Å². The molecule has 0 saturated heterocycles. The van der Waals surface area contributed by atoms with Crippen LogP contribution in [0.25, 0.3) is 0 Å². The number of nitrogens with one attached hydrogen (secondary N) is 2. The maximum absolute atomic E-state index is 11.7. The third-order valence-corrected chi connectivity index (χ3v) is 4.26. The molecule has 2 heterocycles. The normalized spacial score (nSPS) is 10.3. The second kappa shape index (κ2) is 5.97. The smallest absolute Gasteiger partial charge is 0.355 e. The van der Waals surface area contributed by atoms with Gasteiger partial charge in [0.15, 0.2) is 10.8 Å². The number of hydrogen-bond acceptors (Lipinski definition) is 6. The van der Waals surface area contributed by atoms with Crippen LogP contribution in [0.4, 0.5) is 9.93 Å². The number of urea groups is 1. The zero-order valence-corrected chi connectivity index (χ0v) is 12.4. The van der Waals surface area contributed by atoms with Crippen molar-refractivity contribution in [2.45, 2.75) is 20.4 Å². The van der Waals surface area contributed by atoms with Gasteiger partial charge in [-0.1, -0.05) is 0 Å². The molecule has 0 saturated carbocycles. The van der Waals surface area contributed by atoms with Gasteiger partial charge in [0.25, 0.3) is 0 Å². The van der Waals surface area contributed by atoms with Gasteiger partial charge in [-0.25, -0.2) is 19.6 Å². The highest BCUT2D eigenvalue weighted by atomic mass is 32.1. The lowest BCUT2D eigenvalue weighted by molar-refractivity contribution is 0.0691. The molecule has 0 radical (unpaired) electrons. The molecule has 0 atom stereocenters. The van der Waals surface area contributed by atoms with Gasteiger partial charge in [0.2, 0.25) is 0 Å². The molecule has 0 aliphatic carbocycles. The van der Waals surface area contributed by atoms with Crippen LogP contribution in [0.5, 0.6) is 0 Å². The molecule has 2 amide bonds. The Morgan fingerprint density at radius 2 is 2.10 bits per heavy atom. The van der Waals surface area contributed by atoms with Crippen molar-refractivity contribution < 1.29 is 14.7 Å². The molecule has 0 aliphatic heterocycles. The van der Waals surface area contributed by atoms with Crippen molar-refractivity contribution in [3.63, 3.8) is 0 Å². The molecule has 9 heteroatoms. The average molecular weight is 312 g/mol. The average Bonchev–Trinajstić information content (AvgIpc) is 2.95. The van der Waals surface area contributed by atoms with E-state index in [1.807, 2.05) is 13.8 Å². The predicted molar refractivity (Wildman–Crippen MR) is 76.5 cm³/mol. The van der Waals surface area contributed by atoms with E-state index in [1.54, 1.807) is 0 Å². The fraction of sp³-hybridized carbons (Fsp3) is 0.273. The second-order valence-corrected chi connectivity index (χ2v) is 6.05. The summed E-state index contributed by atoms with van der Waals surface area (Å²) >= 11 is 2.58. The summed E-state index contributed by atoms with van der Waals surface area (Å²) in [6.07, 6.45) is 0. The van der Waals surface area contributed by atoms with Crippen LogP contribution in [0.3, 0.4) is 0 Å². The zero-order chi connectivity index (χ0) is 14.7. The maximum atomic E-state index is 11.7. The third kappa shape index (κ3) is 3.52. The Kier molecular flexibility index (Phi) is 4.30. The quantitative estimate of drug-likeness (QED) is 0.803. The summed E-state index contributed by atoms with van der Waals surface area (Å²) in [4.78, 5) is 31.4. The van der Waals surface area contributed by atoms with Crippen LogP contribution in [0, 0.1) is 13.8 Å². The highest BCUT2D eigenvalue weighted by Crippen LogP contribution is 2.20. The number of carboxylic acids is 1. The molecule has 0 fully saturated rings. The van der Waals surface area contributed by atoms with Crippen molar-refractivity contribution in [2.75, 3.05) is 5.32 Å². The zero-order valence-electron chi connectivity index (χ0n) is 10.8.